The molecule has 0 aliphatic rings. The Hall–Kier alpha value is 0.126. The first-order valence-corrected chi connectivity index (χ1v) is 8.04. The summed E-state index contributed by atoms with van der Waals surface area (Å²) in [7, 11) is 0. The molecule has 0 unspecified atom stereocenters. The van der Waals surface area contributed by atoms with E-state index in [2.05, 4.69) is 19.1 Å². The van der Waals surface area contributed by atoms with Crippen LogP contribution >= 0.6 is 0 Å². The van der Waals surface area contributed by atoms with E-state index in [1.54, 1.807) is 6.08 Å². The van der Waals surface area contributed by atoms with Gasteiger partial charge < -0.3 is 10.2 Å². The molecular weight excluding hydrogens is 303 g/mol. The van der Waals surface area contributed by atoms with Crippen LogP contribution in [-0.4, -0.2) is 11.1 Å². The molecule has 120 valence electrons. The molecule has 0 amide bonds. The van der Waals surface area contributed by atoms with Crippen molar-refractivity contribution >= 4 is 5.97 Å². The number of carboxylic acid groups (broad SMARTS) is 1. The fourth-order valence-corrected chi connectivity index (χ4v) is 1.93. The van der Waals surface area contributed by atoms with Crippen molar-refractivity contribution in [1.29, 1.82) is 0 Å². The summed E-state index contributed by atoms with van der Waals surface area (Å²) in [6.07, 6.45) is 18.5. The van der Waals surface area contributed by atoms with Crippen molar-refractivity contribution in [2.24, 2.45) is 0 Å². The van der Waals surface area contributed by atoms with Gasteiger partial charge >= 0.3 is 57.4 Å². The third kappa shape index (κ3) is 20.1. The summed E-state index contributed by atoms with van der Waals surface area (Å²) in [6, 6.07) is 0. The van der Waals surface area contributed by atoms with Crippen molar-refractivity contribution in [3.8, 4) is 0 Å². The summed E-state index contributed by atoms with van der Waals surface area (Å²) < 4.78 is 0. The van der Waals surface area contributed by atoms with Crippen molar-refractivity contribution < 1.29 is 66.4 Å². The first-order chi connectivity index (χ1) is 10.2. The maximum absolute atomic E-state index is 11.5. The molecule has 0 rings (SSSR count). The SMILES string of the molecule is CC/C=C\C/C=C(/[O-])C/C=C\CCCCCCCC(=O)O.[K+]. The van der Waals surface area contributed by atoms with Crippen LogP contribution in [0.15, 0.2) is 36.1 Å². The zero-order chi connectivity index (χ0) is 15.8. The maximum atomic E-state index is 11.5. The van der Waals surface area contributed by atoms with Gasteiger partial charge in [-0.2, -0.15) is 0 Å². The van der Waals surface area contributed by atoms with Gasteiger partial charge in [0, 0.05) is 6.42 Å². The second-order valence-corrected chi connectivity index (χ2v) is 5.16. The van der Waals surface area contributed by atoms with Crippen LogP contribution < -0.4 is 56.5 Å². The van der Waals surface area contributed by atoms with E-state index in [1.807, 2.05) is 12.2 Å². The molecule has 0 heterocycles. The van der Waals surface area contributed by atoms with Gasteiger partial charge in [0.2, 0.25) is 0 Å². The fraction of sp³-hybridized carbons (Fsp3) is 0.611. The number of hydrogen-bond acceptors (Lipinski definition) is 2. The van der Waals surface area contributed by atoms with Crippen molar-refractivity contribution in [3.05, 3.63) is 36.1 Å². The van der Waals surface area contributed by atoms with Crippen LogP contribution in [0.4, 0.5) is 0 Å². The Bertz CT molecular complexity index is 346. The summed E-state index contributed by atoms with van der Waals surface area (Å²) in [5.41, 5.74) is 0. The van der Waals surface area contributed by atoms with Crippen LogP contribution in [0.25, 0.3) is 0 Å². The summed E-state index contributed by atoms with van der Waals surface area (Å²) >= 11 is 0. The molecule has 0 saturated carbocycles. The molecule has 0 aliphatic carbocycles. The molecule has 0 radical (unpaired) electrons. The van der Waals surface area contributed by atoms with Crippen molar-refractivity contribution in [2.75, 3.05) is 0 Å². The minimum absolute atomic E-state index is 0. The van der Waals surface area contributed by atoms with Gasteiger partial charge in [0.1, 0.15) is 0 Å². The molecular formula is C18H29KO3. The molecule has 1 N–H and O–H groups in total. The van der Waals surface area contributed by atoms with E-state index in [1.165, 1.54) is 0 Å². The maximum Gasteiger partial charge on any atom is 1.00 e. The summed E-state index contributed by atoms with van der Waals surface area (Å²) in [6.45, 7) is 2.08. The molecule has 0 saturated heterocycles. The number of carbonyl (C=O) groups is 1. The quantitative estimate of drug-likeness (QED) is 0.240. The van der Waals surface area contributed by atoms with Crippen LogP contribution in [0.1, 0.15) is 71.1 Å². The Labute approximate surface area is 178 Å². The number of allylic oxidation sites excluding steroid dienone is 5. The standard InChI is InChI=1S/C18H30O3.K/c1-2-3-4-11-14-17(19)15-12-9-7-5-6-8-10-13-16-18(20)21;/h3-4,9,12,14,19H,2,5-8,10-11,13,15-16H2,1H3,(H,20,21);/q;+1/p-1/b4-3-,12-9-,17-14+;. The second kappa shape index (κ2) is 19.2. The predicted molar refractivity (Wildman–Crippen MR) is 85.8 cm³/mol. The van der Waals surface area contributed by atoms with Gasteiger partial charge in [0.05, 0.1) is 0 Å². The monoisotopic (exact) mass is 332 g/mol. The van der Waals surface area contributed by atoms with Gasteiger partial charge in [-0.1, -0.05) is 56.6 Å². The average Bonchev–Trinajstić information content (AvgIpc) is 2.45. The normalized spacial score (nSPS) is 12.0. The number of rotatable bonds is 13. The Morgan fingerprint density at radius 2 is 1.68 bits per heavy atom. The first-order valence-electron chi connectivity index (χ1n) is 8.04. The Morgan fingerprint density at radius 3 is 2.36 bits per heavy atom. The van der Waals surface area contributed by atoms with E-state index >= 15 is 0 Å². The molecule has 0 atom stereocenters. The summed E-state index contributed by atoms with van der Waals surface area (Å²) in [5.74, 6) is -0.523. The van der Waals surface area contributed by atoms with E-state index in [-0.39, 0.29) is 63.6 Å². The average molecular weight is 333 g/mol. The molecule has 4 heteroatoms. The van der Waals surface area contributed by atoms with Gasteiger partial charge in [-0.05, 0) is 38.5 Å². The third-order valence-electron chi connectivity index (χ3n) is 3.13. The zero-order valence-electron chi connectivity index (χ0n) is 14.2. The minimum atomic E-state index is -0.704. The number of unbranched alkanes of at least 4 members (excludes halogenated alkanes) is 5. The summed E-state index contributed by atoms with van der Waals surface area (Å²) in [4.78, 5) is 10.3. The van der Waals surface area contributed by atoms with Crippen LogP contribution in [0.5, 0.6) is 0 Å². The van der Waals surface area contributed by atoms with Crippen LogP contribution in [0.3, 0.4) is 0 Å². The molecule has 3 nitrogen and oxygen atoms in total. The van der Waals surface area contributed by atoms with E-state index in [9.17, 15) is 9.90 Å². The van der Waals surface area contributed by atoms with Crippen molar-refractivity contribution in [3.63, 3.8) is 0 Å². The smallest absolute Gasteiger partial charge is 0.875 e. The van der Waals surface area contributed by atoms with Crippen molar-refractivity contribution in [2.45, 2.75) is 71.1 Å². The molecule has 0 fully saturated rings. The second-order valence-electron chi connectivity index (χ2n) is 5.16. The molecule has 0 bridgehead atoms. The fourth-order valence-electron chi connectivity index (χ4n) is 1.93. The zero-order valence-corrected chi connectivity index (χ0v) is 17.3. The Balaban J connectivity index is 0. The molecule has 22 heavy (non-hydrogen) atoms. The van der Waals surface area contributed by atoms with E-state index < -0.39 is 5.97 Å². The van der Waals surface area contributed by atoms with Gasteiger partial charge in [-0.25, -0.2) is 0 Å². The van der Waals surface area contributed by atoms with Crippen LogP contribution in [0, 0.1) is 0 Å². The largest absolute Gasteiger partial charge is 1.00 e. The minimum Gasteiger partial charge on any atom is -0.875 e. The number of carboxylic acids is 1. The third-order valence-corrected chi connectivity index (χ3v) is 3.13. The molecule has 0 aromatic carbocycles. The van der Waals surface area contributed by atoms with Crippen molar-refractivity contribution in [1.82, 2.24) is 0 Å². The van der Waals surface area contributed by atoms with Gasteiger partial charge in [0.25, 0.3) is 0 Å². The van der Waals surface area contributed by atoms with Crippen LogP contribution in [0.2, 0.25) is 0 Å². The van der Waals surface area contributed by atoms with E-state index in [4.69, 9.17) is 5.11 Å². The number of hydrogen-bond donors (Lipinski definition) is 1. The molecule has 0 spiro atoms. The first kappa shape index (κ1) is 24.4. The Kier molecular flexibility index (Phi) is 21.2. The van der Waals surface area contributed by atoms with Gasteiger partial charge in [-0.15, -0.1) is 5.76 Å². The van der Waals surface area contributed by atoms with E-state index in [0.717, 1.165) is 51.4 Å². The molecule has 0 aromatic rings. The topological polar surface area (TPSA) is 60.4 Å². The Morgan fingerprint density at radius 1 is 1.00 bits per heavy atom. The van der Waals surface area contributed by atoms with Crippen LogP contribution in [-0.2, 0) is 4.79 Å². The summed E-state index contributed by atoms with van der Waals surface area (Å²) in [5, 5.41) is 20.0. The number of aliphatic carboxylic acids is 1. The molecule has 0 aliphatic heterocycles. The molecule has 0 aromatic heterocycles. The van der Waals surface area contributed by atoms with Gasteiger partial charge in [-0.3, -0.25) is 4.79 Å². The van der Waals surface area contributed by atoms with E-state index in [0.29, 0.717) is 6.42 Å². The van der Waals surface area contributed by atoms with Gasteiger partial charge in [0.15, 0.2) is 0 Å². The predicted octanol–water partition coefficient (Wildman–Crippen LogP) is 1.35.